The Hall–Kier alpha value is -2.31. The van der Waals surface area contributed by atoms with Crippen LogP contribution in [0.15, 0.2) is 29.3 Å². The Morgan fingerprint density at radius 2 is 1.65 bits per heavy atom. The highest BCUT2D eigenvalue weighted by Crippen LogP contribution is 2.28. The van der Waals surface area contributed by atoms with E-state index < -0.39 is 0 Å². The van der Waals surface area contributed by atoms with E-state index in [1.807, 2.05) is 12.1 Å². The van der Waals surface area contributed by atoms with Gasteiger partial charge in [-0.1, -0.05) is 0 Å². The summed E-state index contributed by atoms with van der Waals surface area (Å²) in [7, 11) is 0. The minimum absolute atomic E-state index is 0.0344. The summed E-state index contributed by atoms with van der Waals surface area (Å²) in [6.07, 6.45) is 3.71. The van der Waals surface area contributed by atoms with Gasteiger partial charge >= 0.3 is 0 Å². The van der Waals surface area contributed by atoms with E-state index in [-0.39, 0.29) is 17.6 Å². The molecular weight excluding hydrogens is 333 g/mol. The van der Waals surface area contributed by atoms with Crippen molar-refractivity contribution < 1.29 is 9.18 Å². The number of nitrogens with two attached hydrogens (primary N) is 2. The van der Waals surface area contributed by atoms with Crippen LogP contribution in [0.2, 0.25) is 0 Å². The standard InChI is InChI=1S/C19H28FN5O/c20-16-5-7-17(8-6-16)24-9-11-25(12-10-24)19(22)23-13-14-1-3-15(4-2-14)18(21)26/h5-8,14-15H,1-4,9-13H2,(H2,21,26)(H2,22,23). The Morgan fingerprint density at radius 3 is 2.23 bits per heavy atom. The van der Waals surface area contributed by atoms with Gasteiger partial charge in [0.2, 0.25) is 5.91 Å². The first-order valence-electron chi connectivity index (χ1n) is 9.37. The largest absolute Gasteiger partial charge is 0.370 e. The Labute approximate surface area is 154 Å². The molecule has 1 aromatic rings. The number of rotatable bonds is 4. The summed E-state index contributed by atoms with van der Waals surface area (Å²) >= 11 is 0. The number of carbonyl (C=O) groups excluding carboxylic acids is 1. The molecule has 142 valence electrons. The zero-order valence-electron chi connectivity index (χ0n) is 15.1. The summed E-state index contributed by atoms with van der Waals surface area (Å²) < 4.78 is 13.0. The molecule has 6 nitrogen and oxygen atoms in total. The molecule has 1 amide bonds. The molecule has 0 unspecified atom stereocenters. The van der Waals surface area contributed by atoms with Crippen LogP contribution >= 0.6 is 0 Å². The molecule has 1 aromatic carbocycles. The fourth-order valence-corrected chi connectivity index (χ4v) is 3.80. The van der Waals surface area contributed by atoms with Crippen molar-refractivity contribution in [2.45, 2.75) is 25.7 Å². The van der Waals surface area contributed by atoms with Gasteiger partial charge in [-0.25, -0.2) is 4.39 Å². The summed E-state index contributed by atoms with van der Waals surface area (Å²) in [6, 6.07) is 6.60. The van der Waals surface area contributed by atoms with Crippen molar-refractivity contribution in [2.75, 3.05) is 37.6 Å². The van der Waals surface area contributed by atoms with Gasteiger partial charge < -0.3 is 21.3 Å². The lowest BCUT2D eigenvalue weighted by Gasteiger charge is -2.36. The average Bonchev–Trinajstić information content (AvgIpc) is 2.67. The predicted octanol–water partition coefficient (Wildman–Crippen LogP) is 1.55. The number of benzene rings is 1. The van der Waals surface area contributed by atoms with Gasteiger partial charge in [-0.2, -0.15) is 0 Å². The van der Waals surface area contributed by atoms with Crippen molar-refractivity contribution in [2.24, 2.45) is 28.3 Å². The molecule has 0 aromatic heterocycles. The molecule has 1 saturated carbocycles. The van der Waals surface area contributed by atoms with E-state index in [0.717, 1.165) is 64.1 Å². The van der Waals surface area contributed by atoms with Crippen LogP contribution in [0.4, 0.5) is 10.1 Å². The third-order valence-electron chi connectivity index (χ3n) is 5.56. The summed E-state index contributed by atoms with van der Waals surface area (Å²) in [4.78, 5) is 20.1. The predicted molar refractivity (Wildman–Crippen MR) is 101 cm³/mol. The number of hydrogen-bond acceptors (Lipinski definition) is 3. The van der Waals surface area contributed by atoms with Crippen LogP contribution in [-0.2, 0) is 4.79 Å². The van der Waals surface area contributed by atoms with Gasteiger partial charge in [-0.15, -0.1) is 0 Å². The second-order valence-electron chi connectivity index (χ2n) is 7.27. The van der Waals surface area contributed by atoms with Crippen LogP contribution in [0.1, 0.15) is 25.7 Å². The molecule has 1 heterocycles. The van der Waals surface area contributed by atoms with Crippen molar-refractivity contribution in [3.8, 4) is 0 Å². The van der Waals surface area contributed by atoms with E-state index in [2.05, 4.69) is 14.8 Å². The molecule has 0 spiro atoms. The molecule has 0 bridgehead atoms. The molecule has 0 radical (unpaired) electrons. The number of piperazine rings is 1. The number of halogens is 1. The van der Waals surface area contributed by atoms with Crippen molar-refractivity contribution in [3.05, 3.63) is 30.1 Å². The molecule has 1 saturated heterocycles. The van der Waals surface area contributed by atoms with Crippen LogP contribution < -0.4 is 16.4 Å². The molecule has 2 aliphatic rings. The highest BCUT2D eigenvalue weighted by molar-refractivity contribution is 5.78. The SMILES string of the molecule is NC(=O)C1CCC(CN=C(N)N2CCN(c3ccc(F)cc3)CC2)CC1. The molecule has 1 aliphatic carbocycles. The smallest absolute Gasteiger partial charge is 0.220 e. The molecule has 26 heavy (non-hydrogen) atoms. The highest BCUT2D eigenvalue weighted by atomic mass is 19.1. The Morgan fingerprint density at radius 1 is 1.04 bits per heavy atom. The number of carbonyl (C=O) groups is 1. The van der Waals surface area contributed by atoms with Gasteiger partial charge in [0.25, 0.3) is 0 Å². The van der Waals surface area contributed by atoms with Crippen molar-refractivity contribution in [1.29, 1.82) is 0 Å². The lowest BCUT2D eigenvalue weighted by molar-refractivity contribution is -0.122. The number of guanidine groups is 1. The summed E-state index contributed by atoms with van der Waals surface area (Å²) in [5, 5.41) is 0. The van der Waals surface area contributed by atoms with Crippen LogP contribution in [-0.4, -0.2) is 49.5 Å². The summed E-state index contributed by atoms with van der Waals surface area (Å²) in [5.41, 5.74) is 12.6. The van der Waals surface area contributed by atoms with Crippen molar-refractivity contribution >= 4 is 17.6 Å². The van der Waals surface area contributed by atoms with E-state index in [9.17, 15) is 9.18 Å². The second kappa shape index (κ2) is 8.38. The maximum Gasteiger partial charge on any atom is 0.220 e. The fourth-order valence-electron chi connectivity index (χ4n) is 3.80. The van der Waals surface area contributed by atoms with E-state index in [1.54, 1.807) is 0 Å². The van der Waals surface area contributed by atoms with Crippen LogP contribution in [0, 0.1) is 17.7 Å². The minimum Gasteiger partial charge on any atom is -0.370 e. The minimum atomic E-state index is -0.214. The first kappa shape index (κ1) is 18.5. The second-order valence-corrected chi connectivity index (χ2v) is 7.27. The lowest BCUT2D eigenvalue weighted by Crippen LogP contribution is -2.51. The van der Waals surface area contributed by atoms with Gasteiger partial charge in [-0.3, -0.25) is 9.79 Å². The van der Waals surface area contributed by atoms with Gasteiger partial charge in [0, 0.05) is 44.3 Å². The van der Waals surface area contributed by atoms with Gasteiger partial charge in [0.15, 0.2) is 5.96 Å². The van der Waals surface area contributed by atoms with Gasteiger partial charge in [0.1, 0.15) is 5.82 Å². The van der Waals surface area contributed by atoms with Gasteiger partial charge in [0.05, 0.1) is 0 Å². The number of anilines is 1. The third kappa shape index (κ3) is 4.65. The van der Waals surface area contributed by atoms with Crippen molar-refractivity contribution in [1.82, 2.24) is 4.90 Å². The summed E-state index contributed by atoms with van der Waals surface area (Å²) in [5.74, 6) is 0.733. The van der Waals surface area contributed by atoms with Crippen LogP contribution in [0.3, 0.4) is 0 Å². The number of primary amides is 1. The maximum absolute atomic E-state index is 13.0. The Bertz CT molecular complexity index is 632. The van der Waals surface area contributed by atoms with E-state index in [4.69, 9.17) is 11.5 Å². The number of amides is 1. The quantitative estimate of drug-likeness (QED) is 0.629. The number of nitrogens with zero attached hydrogens (tertiary/aromatic N) is 3. The topological polar surface area (TPSA) is 87.9 Å². The third-order valence-corrected chi connectivity index (χ3v) is 5.56. The molecule has 2 fully saturated rings. The zero-order chi connectivity index (χ0) is 18.5. The zero-order valence-corrected chi connectivity index (χ0v) is 15.1. The van der Waals surface area contributed by atoms with Crippen LogP contribution in [0.25, 0.3) is 0 Å². The average molecular weight is 361 g/mol. The molecule has 3 rings (SSSR count). The monoisotopic (exact) mass is 361 g/mol. The van der Waals surface area contributed by atoms with E-state index in [0.29, 0.717) is 11.9 Å². The first-order valence-corrected chi connectivity index (χ1v) is 9.37. The van der Waals surface area contributed by atoms with Crippen LogP contribution in [0.5, 0.6) is 0 Å². The number of hydrogen-bond donors (Lipinski definition) is 2. The molecule has 0 atom stereocenters. The van der Waals surface area contributed by atoms with E-state index in [1.165, 1.54) is 12.1 Å². The first-order chi connectivity index (χ1) is 12.5. The van der Waals surface area contributed by atoms with Crippen molar-refractivity contribution in [3.63, 3.8) is 0 Å². The van der Waals surface area contributed by atoms with Gasteiger partial charge in [-0.05, 0) is 55.9 Å². The normalized spacial score (nSPS) is 24.6. The maximum atomic E-state index is 13.0. The Kier molecular flexibility index (Phi) is 5.96. The molecule has 7 heteroatoms. The fraction of sp³-hybridized carbons (Fsp3) is 0.579. The summed E-state index contributed by atoms with van der Waals surface area (Å²) in [6.45, 7) is 4.01. The number of aliphatic imine (C=N–C) groups is 1. The Balaban J connectivity index is 1.44. The lowest BCUT2D eigenvalue weighted by atomic mass is 9.82. The molecule has 1 aliphatic heterocycles. The molecular formula is C19H28FN5O. The highest BCUT2D eigenvalue weighted by Gasteiger charge is 2.25. The molecule has 4 N–H and O–H groups in total. The van der Waals surface area contributed by atoms with E-state index >= 15 is 0 Å².